The van der Waals surface area contributed by atoms with Gasteiger partial charge in [-0.15, -0.1) is 0 Å². The summed E-state index contributed by atoms with van der Waals surface area (Å²) in [6.07, 6.45) is 4.61. The summed E-state index contributed by atoms with van der Waals surface area (Å²) in [5.41, 5.74) is 0. The minimum Gasteiger partial charge on any atom is -0.493 e. The normalized spacial score (nSPS) is 20.2. The summed E-state index contributed by atoms with van der Waals surface area (Å²) in [7, 11) is 0. The number of hydrogen-bond acceptors (Lipinski definition) is 4. The molecule has 0 bridgehead atoms. The highest BCUT2D eigenvalue weighted by Gasteiger charge is 2.23. The van der Waals surface area contributed by atoms with Crippen LogP contribution in [-0.2, 0) is 14.3 Å². The van der Waals surface area contributed by atoms with Gasteiger partial charge in [-0.25, -0.2) is 0 Å². The lowest BCUT2D eigenvalue weighted by Gasteiger charge is -2.29. The number of nitrogens with one attached hydrogen (secondary N) is 1. The average molecular weight is 398 g/mol. The van der Waals surface area contributed by atoms with Crippen molar-refractivity contribution in [2.45, 2.75) is 45.1 Å². The Morgan fingerprint density at radius 3 is 2.83 bits per heavy atom. The lowest BCUT2D eigenvalue weighted by atomic mass is 9.86. The van der Waals surface area contributed by atoms with Gasteiger partial charge in [0.25, 0.3) is 5.91 Å². The van der Waals surface area contributed by atoms with Crippen LogP contribution < -0.4 is 10.1 Å². The number of rotatable bonds is 7. The molecule has 2 atom stereocenters. The van der Waals surface area contributed by atoms with Gasteiger partial charge in [-0.1, -0.05) is 41.8 Å². The zero-order valence-electron chi connectivity index (χ0n) is 13.9. The number of esters is 1. The Bertz CT molecular complexity index is 564. The molecule has 0 aromatic heterocycles. The molecule has 0 aliphatic heterocycles. The predicted molar refractivity (Wildman–Crippen MR) is 94.8 cm³/mol. The summed E-state index contributed by atoms with van der Waals surface area (Å²) in [5.74, 6) is 0.505. The number of halogens is 1. The molecule has 1 amide bonds. The van der Waals surface area contributed by atoms with Gasteiger partial charge in [0.15, 0.2) is 6.61 Å². The van der Waals surface area contributed by atoms with Crippen LogP contribution in [0.5, 0.6) is 5.75 Å². The molecule has 24 heavy (non-hydrogen) atoms. The van der Waals surface area contributed by atoms with Crippen molar-refractivity contribution in [2.24, 2.45) is 5.92 Å². The Morgan fingerprint density at radius 2 is 2.08 bits per heavy atom. The van der Waals surface area contributed by atoms with E-state index in [1.54, 1.807) is 0 Å². The number of benzene rings is 1. The van der Waals surface area contributed by atoms with E-state index in [1.165, 1.54) is 6.42 Å². The van der Waals surface area contributed by atoms with Crippen LogP contribution in [-0.4, -0.2) is 31.1 Å². The first-order chi connectivity index (χ1) is 11.5. The van der Waals surface area contributed by atoms with Gasteiger partial charge in [0.05, 0.1) is 13.0 Å². The molecule has 5 nitrogen and oxygen atoms in total. The van der Waals surface area contributed by atoms with E-state index in [1.807, 2.05) is 24.3 Å². The minimum atomic E-state index is -0.433. The van der Waals surface area contributed by atoms with E-state index in [-0.39, 0.29) is 31.6 Å². The summed E-state index contributed by atoms with van der Waals surface area (Å²) in [4.78, 5) is 23.5. The smallest absolute Gasteiger partial charge is 0.309 e. The highest BCUT2D eigenvalue weighted by molar-refractivity contribution is 9.10. The number of amides is 1. The fourth-order valence-electron chi connectivity index (χ4n) is 2.81. The molecule has 0 radical (unpaired) electrons. The molecule has 1 N–H and O–H groups in total. The van der Waals surface area contributed by atoms with Gasteiger partial charge in [-0.3, -0.25) is 9.59 Å². The van der Waals surface area contributed by atoms with Crippen LogP contribution in [0.3, 0.4) is 0 Å². The Hall–Kier alpha value is -1.56. The Balaban J connectivity index is 1.61. The van der Waals surface area contributed by atoms with E-state index in [0.717, 1.165) is 23.7 Å². The molecule has 0 saturated heterocycles. The molecule has 0 unspecified atom stereocenters. The van der Waals surface area contributed by atoms with Crippen molar-refractivity contribution < 1.29 is 19.1 Å². The Kier molecular flexibility index (Phi) is 7.56. The van der Waals surface area contributed by atoms with E-state index >= 15 is 0 Å². The summed E-state index contributed by atoms with van der Waals surface area (Å²) >= 11 is 3.35. The maximum atomic E-state index is 11.9. The monoisotopic (exact) mass is 397 g/mol. The van der Waals surface area contributed by atoms with Crippen LogP contribution in [0.1, 0.15) is 39.0 Å². The van der Waals surface area contributed by atoms with E-state index in [9.17, 15) is 9.59 Å². The SMILES string of the molecule is C[C@@H]1CCCC[C@H]1NC(=O)COC(=O)CCOc1cccc(Br)c1. The average Bonchev–Trinajstić information content (AvgIpc) is 2.55. The largest absolute Gasteiger partial charge is 0.493 e. The summed E-state index contributed by atoms with van der Waals surface area (Å²) < 4.78 is 11.4. The van der Waals surface area contributed by atoms with Gasteiger partial charge in [-0.05, 0) is 37.0 Å². The fraction of sp³-hybridized carbons (Fsp3) is 0.556. The Morgan fingerprint density at radius 1 is 1.29 bits per heavy atom. The van der Waals surface area contributed by atoms with Gasteiger partial charge >= 0.3 is 5.97 Å². The van der Waals surface area contributed by atoms with Gasteiger partial charge in [0.2, 0.25) is 0 Å². The lowest BCUT2D eigenvalue weighted by molar-refractivity contribution is -0.149. The first kappa shape index (κ1) is 18.8. The van der Waals surface area contributed by atoms with Crippen LogP contribution in [0.2, 0.25) is 0 Å². The van der Waals surface area contributed by atoms with Crippen LogP contribution >= 0.6 is 15.9 Å². The van der Waals surface area contributed by atoms with Crippen LogP contribution in [0.15, 0.2) is 28.7 Å². The molecule has 1 fully saturated rings. The molecular formula is C18H24BrNO4. The second kappa shape index (κ2) is 9.67. The number of hydrogen-bond donors (Lipinski definition) is 1. The van der Waals surface area contributed by atoms with Gasteiger partial charge in [0.1, 0.15) is 5.75 Å². The van der Waals surface area contributed by atoms with E-state index in [4.69, 9.17) is 9.47 Å². The molecular weight excluding hydrogens is 374 g/mol. The van der Waals surface area contributed by atoms with Crippen molar-refractivity contribution in [3.8, 4) is 5.75 Å². The molecule has 6 heteroatoms. The molecule has 1 aliphatic rings. The molecule has 132 valence electrons. The summed E-state index contributed by atoms with van der Waals surface area (Å²) in [6.45, 7) is 2.14. The first-order valence-electron chi connectivity index (χ1n) is 8.38. The quantitative estimate of drug-likeness (QED) is 0.715. The third-order valence-corrected chi connectivity index (χ3v) is 4.69. The number of ether oxygens (including phenoxy) is 2. The summed E-state index contributed by atoms with van der Waals surface area (Å²) in [6, 6.07) is 7.59. The number of carbonyl (C=O) groups is 2. The van der Waals surface area contributed by atoms with Crippen LogP contribution in [0.4, 0.5) is 0 Å². The van der Waals surface area contributed by atoms with Crippen molar-refractivity contribution in [3.05, 3.63) is 28.7 Å². The lowest BCUT2D eigenvalue weighted by Crippen LogP contribution is -2.42. The number of carbonyl (C=O) groups excluding carboxylic acids is 2. The molecule has 1 saturated carbocycles. The van der Waals surface area contributed by atoms with Crippen molar-refractivity contribution in [2.75, 3.05) is 13.2 Å². The maximum absolute atomic E-state index is 11.9. The van der Waals surface area contributed by atoms with Crippen molar-refractivity contribution >= 4 is 27.8 Å². The van der Waals surface area contributed by atoms with Crippen molar-refractivity contribution in [1.29, 1.82) is 0 Å². The molecule has 1 aromatic carbocycles. The highest BCUT2D eigenvalue weighted by atomic mass is 79.9. The standard InChI is InChI=1S/C18H24BrNO4/c1-13-5-2-3-8-16(13)20-17(21)12-24-18(22)9-10-23-15-7-4-6-14(19)11-15/h4,6-7,11,13,16H,2-3,5,8-10,12H2,1H3,(H,20,21)/t13-,16-/m1/s1. The molecule has 1 aliphatic carbocycles. The van der Waals surface area contributed by atoms with Gasteiger partial charge in [-0.2, -0.15) is 0 Å². The summed E-state index contributed by atoms with van der Waals surface area (Å²) in [5, 5.41) is 2.96. The van der Waals surface area contributed by atoms with E-state index in [0.29, 0.717) is 11.7 Å². The van der Waals surface area contributed by atoms with Gasteiger partial charge < -0.3 is 14.8 Å². The third-order valence-electron chi connectivity index (χ3n) is 4.19. The second-order valence-electron chi connectivity index (χ2n) is 6.15. The zero-order chi connectivity index (χ0) is 17.4. The van der Waals surface area contributed by atoms with Crippen molar-refractivity contribution in [3.63, 3.8) is 0 Å². The Labute approximate surface area is 151 Å². The van der Waals surface area contributed by atoms with Crippen LogP contribution in [0, 0.1) is 5.92 Å². The second-order valence-corrected chi connectivity index (χ2v) is 7.07. The molecule has 0 heterocycles. The zero-order valence-corrected chi connectivity index (χ0v) is 15.5. The molecule has 0 spiro atoms. The van der Waals surface area contributed by atoms with Gasteiger partial charge in [0, 0.05) is 10.5 Å². The fourth-order valence-corrected chi connectivity index (χ4v) is 3.18. The minimum absolute atomic E-state index is 0.111. The predicted octanol–water partition coefficient (Wildman–Crippen LogP) is 3.46. The molecule has 2 rings (SSSR count). The topological polar surface area (TPSA) is 64.6 Å². The van der Waals surface area contributed by atoms with E-state index < -0.39 is 5.97 Å². The van der Waals surface area contributed by atoms with Crippen LogP contribution in [0.25, 0.3) is 0 Å². The first-order valence-corrected chi connectivity index (χ1v) is 9.17. The van der Waals surface area contributed by atoms with Crippen molar-refractivity contribution in [1.82, 2.24) is 5.32 Å². The highest BCUT2D eigenvalue weighted by Crippen LogP contribution is 2.23. The third kappa shape index (κ3) is 6.51. The molecule has 1 aromatic rings. The maximum Gasteiger partial charge on any atom is 0.309 e. The van der Waals surface area contributed by atoms with E-state index in [2.05, 4.69) is 28.2 Å².